The number of nitrogens with one attached hydrogen (secondary N) is 1. The van der Waals surface area contributed by atoms with E-state index >= 15 is 0 Å². The minimum Gasteiger partial charge on any atom is -0.316 e. The van der Waals surface area contributed by atoms with Crippen LogP contribution in [0, 0.1) is 12.3 Å². The fraction of sp³-hybridized carbons (Fsp3) is 0.800. The second kappa shape index (κ2) is 7.30. The van der Waals surface area contributed by atoms with E-state index in [1.54, 1.807) is 0 Å². The van der Waals surface area contributed by atoms with Gasteiger partial charge in [-0.25, -0.2) is 0 Å². The van der Waals surface area contributed by atoms with Gasteiger partial charge in [-0.2, -0.15) is 5.10 Å². The maximum atomic E-state index is 6.41. The van der Waals surface area contributed by atoms with Crippen molar-refractivity contribution >= 4 is 11.6 Å². The van der Waals surface area contributed by atoms with Crippen molar-refractivity contribution in [1.29, 1.82) is 0 Å². The van der Waals surface area contributed by atoms with Gasteiger partial charge in [0.2, 0.25) is 0 Å². The molecule has 110 valence electrons. The number of aryl methyl sites for hydroxylation is 2. The molecular formula is C15H28ClN3. The van der Waals surface area contributed by atoms with Crippen molar-refractivity contribution in [2.75, 3.05) is 13.1 Å². The van der Waals surface area contributed by atoms with E-state index in [2.05, 4.69) is 38.1 Å². The Morgan fingerprint density at radius 1 is 1.32 bits per heavy atom. The molecule has 1 aromatic heterocycles. The molecule has 0 radical (unpaired) electrons. The quantitative estimate of drug-likeness (QED) is 0.736. The third-order valence-corrected chi connectivity index (χ3v) is 4.37. The van der Waals surface area contributed by atoms with Crippen LogP contribution < -0.4 is 5.32 Å². The van der Waals surface area contributed by atoms with Gasteiger partial charge in [0.15, 0.2) is 0 Å². The number of aromatic nitrogens is 2. The van der Waals surface area contributed by atoms with Crippen molar-refractivity contribution in [3.8, 4) is 0 Å². The zero-order chi connectivity index (χ0) is 14.5. The van der Waals surface area contributed by atoms with Crippen LogP contribution in [0.1, 0.15) is 51.9 Å². The molecule has 0 spiro atoms. The molecule has 19 heavy (non-hydrogen) atoms. The maximum Gasteiger partial charge on any atom is 0.0847 e. The van der Waals surface area contributed by atoms with E-state index in [1.807, 2.05) is 11.6 Å². The molecule has 0 fully saturated rings. The molecule has 1 aromatic rings. The average Bonchev–Trinajstić information content (AvgIpc) is 2.66. The van der Waals surface area contributed by atoms with E-state index in [1.165, 1.54) is 12.1 Å². The molecule has 1 N–H and O–H groups in total. The normalized spacial score (nSPS) is 14.6. The van der Waals surface area contributed by atoms with Gasteiger partial charge in [-0.3, -0.25) is 4.68 Å². The Kier molecular flexibility index (Phi) is 6.34. The zero-order valence-electron chi connectivity index (χ0n) is 13.0. The van der Waals surface area contributed by atoms with Gasteiger partial charge < -0.3 is 5.32 Å². The van der Waals surface area contributed by atoms with E-state index in [4.69, 9.17) is 11.6 Å². The Bertz CT molecular complexity index is 400. The van der Waals surface area contributed by atoms with Crippen LogP contribution >= 0.6 is 11.6 Å². The van der Waals surface area contributed by atoms with Gasteiger partial charge in [-0.15, -0.1) is 0 Å². The van der Waals surface area contributed by atoms with Crippen LogP contribution in [-0.2, 0) is 13.0 Å². The molecule has 0 aliphatic heterocycles. The Morgan fingerprint density at radius 2 is 2.00 bits per heavy atom. The topological polar surface area (TPSA) is 29.9 Å². The Balaban J connectivity index is 2.85. The highest BCUT2D eigenvalue weighted by atomic mass is 35.5. The second-order valence-corrected chi connectivity index (χ2v) is 6.06. The highest BCUT2D eigenvalue weighted by Crippen LogP contribution is 2.30. The van der Waals surface area contributed by atoms with Crippen molar-refractivity contribution in [1.82, 2.24) is 15.1 Å². The molecule has 1 rings (SSSR count). The standard InChI is InChI=1S/C15H28ClN3/c1-6-9-17-11-15(5,7-2)10-13-14(16)12(4)18-19(13)8-3/h17H,6-11H2,1-5H3. The van der Waals surface area contributed by atoms with Gasteiger partial charge in [-0.1, -0.05) is 32.4 Å². The summed E-state index contributed by atoms with van der Waals surface area (Å²) in [7, 11) is 0. The predicted octanol–water partition coefficient (Wildman–Crippen LogP) is 3.82. The third-order valence-electron chi connectivity index (χ3n) is 3.88. The SMILES string of the molecule is CCCNCC(C)(CC)Cc1c(Cl)c(C)nn1CC. The molecule has 0 amide bonds. The van der Waals surface area contributed by atoms with Gasteiger partial charge in [0.1, 0.15) is 0 Å². The minimum atomic E-state index is 0.234. The van der Waals surface area contributed by atoms with E-state index in [0.717, 1.165) is 43.2 Å². The Labute approximate surface area is 122 Å². The summed E-state index contributed by atoms with van der Waals surface area (Å²) in [5, 5.41) is 8.89. The van der Waals surface area contributed by atoms with Crippen LogP contribution in [0.25, 0.3) is 0 Å². The highest BCUT2D eigenvalue weighted by molar-refractivity contribution is 6.31. The number of rotatable bonds is 8. The fourth-order valence-electron chi connectivity index (χ4n) is 2.32. The van der Waals surface area contributed by atoms with Gasteiger partial charge in [-0.05, 0) is 45.1 Å². The molecule has 0 aliphatic rings. The van der Waals surface area contributed by atoms with Gasteiger partial charge in [0.25, 0.3) is 0 Å². The minimum absolute atomic E-state index is 0.234. The lowest BCUT2D eigenvalue weighted by molar-refractivity contribution is 0.283. The first kappa shape index (κ1) is 16.5. The fourth-order valence-corrected chi connectivity index (χ4v) is 2.52. The van der Waals surface area contributed by atoms with Crippen LogP contribution in [0.5, 0.6) is 0 Å². The summed E-state index contributed by atoms with van der Waals surface area (Å²) in [6.45, 7) is 13.9. The number of nitrogens with zero attached hydrogens (tertiary/aromatic N) is 2. The van der Waals surface area contributed by atoms with Gasteiger partial charge >= 0.3 is 0 Å². The van der Waals surface area contributed by atoms with Crippen LogP contribution in [0.15, 0.2) is 0 Å². The summed E-state index contributed by atoms with van der Waals surface area (Å²) in [5.41, 5.74) is 2.36. The average molecular weight is 286 g/mol. The molecule has 1 heterocycles. The van der Waals surface area contributed by atoms with Crippen molar-refractivity contribution in [3.05, 3.63) is 16.4 Å². The van der Waals surface area contributed by atoms with E-state index in [-0.39, 0.29) is 5.41 Å². The largest absolute Gasteiger partial charge is 0.316 e. The summed E-state index contributed by atoms with van der Waals surface area (Å²) in [6.07, 6.45) is 3.29. The molecular weight excluding hydrogens is 258 g/mol. The molecule has 4 heteroatoms. The zero-order valence-corrected chi connectivity index (χ0v) is 13.8. The van der Waals surface area contributed by atoms with Crippen LogP contribution in [0.4, 0.5) is 0 Å². The molecule has 1 atom stereocenters. The molecule has 0 aromatic carbocycles. The van der Waals surface area contributed by atoms with Crippen LogP contribution in [0.3, 0.4) is 0 Å². The summed E-state index contributed by atoms with van der Waals surface area (Å²) in [4.78, 5) is 0. The Morgan fingerprint density at radius 3 is 2.53 bits per heavy atom. The lowest BCUT2D eigenvalue weighted by Crippen LogP contribution is -2.34. The van der Waals surface area contributed by atoms with Crippen LogP contribution in [0.2, 0.25) is 5.02 Å². The first-order valence-electron chi connectivity index (χ1n) is 7.40. The highest BCUT2D eigenvalue weighted by Gasteiger charge is 2.26. The number of hydrogen-bond acceptors (Lipinski definition) is 2. The summed E-state index contributed by atoms with van der Waals surface area (Å²) < 4.78 is 2.05. The smallest absolute Gasteiger partial charge is 0.0847 e. The lowest BCUT2D eigenvalue weighted by Gasteiger charge is -2.29. The predicted molar refractivity (Wildman–Crippen MR) is 82.9 cm³/mol. The molecule has 0 saturated carbocycles. The number of hydrogen-bond donors (Lipinski definition) is 1. The van der Waals surface area contributed by atoms with Crippen LogP contribution in [-0.4, -0.2) is 22.9 Å². The third kappa shape index (κ3) is 4.22. The first-order chi connectivity index (χ1) is 8.97. The molecule has 0 aliphatic carbocycles. The summed E-state index contributed by atoms with van der Waals surface area (Å²) in [6, 6.07) is 0. The van der Waals surface area contributed by atoms with E-state index in [9.17, 15) is 0 Å². The molecule has 0 bridgehead atoms. The van der Waals surface area contributed by atoms with Crippen molar-refractivity contribution < 1.29 is 0 Å². The van der Waals surface area contributed by atoms with E-state index in [0.29, 0.717) is 0 Å². The summed E-state index contributed by atoms with van der Waals surface area (Å²) in [5.74, 6) is 0. The molecule has 3 nitrogen and oxygen atoms in total. The first-order valence-corrected chi connectivity index (χ1v) is 7.77. The lowest BCUT2D eigenvalue weighted by atomic mass is 9.82. The van der Waals surface area contributed by atoms with Crippen molar-refractivity contribution in [2.45, 2.75) is 60.4 Å². The molecule has 0 saturated heterocycles. The van der Waals surface area contributed by atoms with Crippen molar-refractivity contribution in [3.63, 3.8) is 0 Å². The maximum absolute atomic E-state index is 6.41. The second-order valence-electron chi connectivity index (χ2n) is 5.68. The van der Waals surface area contributed by atoms with Crippen molar-refractivity contribution in [2.24, 2.45) is 5.41 Å². The van der Waals surface area contributed by atoms with E-state index < -0.39 is 0 Å². The Hall–Kier alpha value is -0.540. The molecule has 1 unspecified atom stereocenters. The number of halogens is 1. The summed E-state index contributed by atoms with van der Waals surface area (Å²) >= 11 is 6.41. The monoisotopic (exact) mass is 285 g/mol. The van der Waals surface area contributed by atoms with Gasteiger partial charge in [0, 0.05) is 13.1 Å². The van der Waals surface area contributed by atoms with Gasteiger partial charge in [0.05, 0.1) is 16.4 Å².